The maximum atomic E-state index is 12.0. The van der Waals surface area contributed by atoms with Gasteiger partial charge in [0.1, 0.15) is 5.60 Å². The normalized spacial score (nSPS) is 22.4. The molecular weight excluding hydrogens is 248 g/mol. The van der Waals surface area contributed by atoms with Gasteiger partial charge in [0, 0.05) is 25.7 Å². The SMILES string of the molecule is C[C@@H]1CN(C/C(N)=N/O)CCN1C(=O)OC(C)(C)C. The minimum atomic E-state index is -0.484. The van der Waals surface area contributed by atoms with Crippen LogP contribution < -0.4 is 5.73 Å². The van der Waals surface area contributed by atoms with E-state index in [0.717, 1.165) is 0 Å². The van der Waals surface area contributed by atoms with Crippen molar-refractivity contribution in [3.05, 3.63) is 0 Å². The van der Waals surface area contributed by atoms with E-state index < -0.39 is 5.60 Å². The molecule has 0 aliphatic carbocycles. The van der Waals surface area contributed by atoms with Gasteiger partial charge in [-0.3, -0.25) is 4.90 Å². The van der Waals surface area contributed by atoms with Gasteiger partial charge in [-0.05, 0) is 27.7 Å². The van der Waals surface area contributed by atoms with Gasteiger partial charge < -0.3 is 20.6 Å². The molecule has 7 nitrogen and oxygen atoms in total. The van der Waals surface area contributed by atoms with E-state index in [1.807, 2.05) is 32.6 Å². The molecule has 110 valence electrons. The number of ether oxygens (including phenoxy) is 1. The molecule has 7 heteroatoms. The highest BCUT2D eigenvalue weighted by molar-refractivity contribution is 5.81. The van der Waals surface area contributed by atoms with Crippen molar-refractivity contribution in [2.75, 3.05) is 26.2 Å². The van der Waals surface area contributed by atoms with Gasteiger partial charge in [0.05, 0.1) is 6.54 Å². The van der Waals surface area contributed by atoms with E-state index in [-0.39, 0.29) is 18.0 Å². The fraction of sp³-hybridized carbons (Fsp3) is 0.833. The molecule has 3 N–H and O–H groups in total. The molecule has 1 aliphatic rings. The molecule has 1 atom stereocenters. The van der Waals surface area contributed by atoms with Crippen LogP contribution in [0.25, 0.3) is 0 Å². The third-order valence-electron chi connectivity index (χ3n) is 2.85. The molecule has 0 bridgehead atoms. The van der Waals surface area contributed by atoms with Crippen LogP contribution >= 0.6 is 0 Å². The molecule has 0 aromatic rings. The minimum absolute atomic E-state index is 0.0371. The summed E-state index contributed by atoms with van der Waals surface area (Å²) in [7, 11) is 0. The van der Waals surface area contributed by atoms with Crippen LogP contribution in [-0.2, 0) is 4.74 Å². The number of nitrogens with two attached hydrogens (primary N) is 1. The number of carbonyl (C=O) groups excluding carboxylic acids is 1. The number of carbonyl (C=O) groups is 1. The summed E-state index contributed by atoms with van der Waals surface area (Å²) < 4.78 is 5.37. The van der Waals surface area contributed by atoms with Gasteiger partial charge in [-0.25, -0.2) is 4.79 Å². The van der Waals surface area contributed by atoms with Crippen molar-refractivity contribution >= 4 is 11.9 Å². The second-order valence-corrected chi connectivity index (χ2v) is 5.85. The molecule has 1 fully saturated rings. The first-order chi connectivity index (χ1) is 8.73. The fourth-order valence-electron chi connectivity index (χ4n) is 2.03. The van der Waals surface area contributed by atoms with Crippen LogP contribution in [0.5, 0.6) is 0 Å². The highest BCUT2D eigenvalue weighted by Gasteiger charge is 2.30. The summed E-state index contributed by atoms with van der Waals surface area (Å²) >= 11 is 0. The Kier molecular flexibility index (Phi) is 4.99. The number of oxime groups is 1. The van der Waals surface area contributed by atoms with E-state index in [2.05, 4.69) is 5.16 Å². The van der Waals surface area contributed by atoms with Crippen LogP contribution in [0.3, 0.4) is 0 Å². The molecule has 0 unspecified atom stereocenters. The van der Waals surface area contributed by atoms with Gasteiger partial charge in [-0.1, -0.05) is 5.16 Å². The van der Waals surface area contributed by atoms with Gasteiger partial charge in [-0.15, -0.1) is 0 Å². The maximum Gasteiger partial charge on any atom is 0.410 e. The molecule has 1 saturated heterocycles. The van der Waals surface area contributed by atoms with Crippen LogP contribution in [0, 0.1) is 0 Å². The molecule has 1 heterocycles. The predicted octanol–water partition coefficient (Wildman–Crippen LogP) is 0.674. The first-order valence-corrected chi connectivity index (χ1v) is 6.41. The van der Waals surface area contributed by atoms with Crippen LogP contribution in [0.2, 0.25) is 0 Å². The zero-order chi connectivity index (χ0) is 14.6. The van der Waals surface area contributed by atoms with E-state index in [4.69, 9.17) is 15.7 Å². The Morgan fingerprint density at radius 2 is 2.11 bits per heavy atom. The van der Waals surface area contributed by atoms with Crippen molar-refractivity contribution in [3.8, 4) is 0 Å². The average molecular weight is 272 g/mol. The Morgan fingerprint density at radius 3 is 2.58 bits per heavy atom. The maximum absolute atomic E-state index is 12.0. The van der Waals surface area contributed by atoms with Crippen molar-refractivity contribution in [3.63, 3.8) is 0 Å². The smallest absolute Gasteiger partial charge is 0.410 e. The van der Waals surface area contributed by atoms with E-state index in [1.54, 1.807) is 4.90 Å². The monoisotopic (exact) mass is 272 g/mol. The Bertz CT molecular complexity index is 351. The highest BCUT2D eigenvalue weighted by Crippen LogP contribution is 2.15. The lowest BCUT2D eigenvalue weighted by atomic mass is 10.2. The molecule has 0 aromatic carbocycles. The van der Waals surface area contributed by atoms with Crippen LogP contribution in [0.15, 0.2) is 5.16 Å². The van der Waals surface area contributed by atoms with E-state index in [9.17, 15) is 4.79 Å². The number of nitrogens with zero attached hydrogens (tertiary/aromatic N) is 3. The van der Waals surface area contributed by atoms with Crippen molar-refractivity contribution in [2.24, 2.45) is 10.9 Å². The highest BCUT2D eigenvalue weighted by atomic mass is 16.6. The summed E-state index contributed by atoms with van der Waals surface area (Å²) in [4.78, 5) is 15.8. The van der Waals surface area contributed by atoms with Gasteiger partial charge in [0.15, 0.2) is 5.84 Å². The number of rotatable bonds is 2. The lowest BCUT2D eigenvalue weighted by Crippen LogP contribution is -2.56. The number of hydrogen-bond donors (Lipinski definition) is 2. The molecular formula is C12H24N4O3. The number of hydrogen-bond acceptors (Lipinski definition) is 5. The minimum Gasteiger partial charge on any atom is -0.444 e. The summed E-state index contributed by atoms with van der Waals surface area (Å²) in [6, 6.07) is 0.0371. The third-order valence-corrected chi connectivity index (χ3v) is 2.85. The summed E-state index contributed by atoms with van der Waals surface area (Å²) in [5.41, 5.74) is 5.00. The summed E-state index contributed by atoms with van der Waals surface area (Å²) in [5, 5.41) is 11.5. The number of amides is 1. The molecule has 0 saturated carbocycles. The Labute approximate surface area is 114 Å². The quantitative estimate of drug-likeness (QED) is 0.334. The zero-order valence-corrected chi connectivity index (χ0v) is 12.1. The van der Waals surface area contributed by atoms with Crippen molar-refractivity contribution in [1.29, 1.82) is 0 Å². The van der Waals surface area contributed by atoms with E-state index in [1.165, 1.54) is 0 Å². The average Bonchev–Trinajstić information content (AvgIpc) is 2.26. The third kappa shape index (κ3) is 4.94. The molecule has 0 aromatic heterocycles. The lowest BCUT2D eigenvalue weighted by Gasteiger charge is -2.39. The second-order valence-electron chi connectivity index (χ2n) is 5.85. The molecule has 1 aliphatic heterocycles. The Morgan fingerprint density at radius 1 is 1.47 bits per heavy atom. The van der Waals surface area contributed by atoms with E-state index in [0.29, 0.717) is 26.2 Å². The summed E-state index contributed by atoms with van der Waals surface area (Å²) in [6.07, 6.45) is -0.288. The van der Waals surface area contributed by atoms with Crippen molar-refractivity contribution < 1.29 is 14.7 Å². The predicted molar refractivity (Wildman–Crippen MR) is 72.3 cm³/mol. The van der Waals surface area contributed by atoms with Crippen LogP contribution in [0.4, 0.5) is 4.79 Å². The Hall–Kier alpha value is -1.50. The van der Waals surface area contributed by atoms with Gasteiger partial charge in [-0.2, -0.15) is 0 Å². The Balaban J connectivity index is 2.52. The first-order valence-electron chi connectivity index (χ1n) is 6.41. The van der Waals surface area contributed by atoms with Crippen molar-refractivity contribution in [2.45, 2.75) is 39.3 Å². The van der Waals surface area contributed by atoms with E-state index >= 15 is 0 Å². The van der Waals surface area contributed by atoms with Crippen LogP contribution in [-0.4, -0.2) is 64.8 Å². The fourth-order valence-corrected chi connectivity index (χ4v) is 2.03. The molecule has 1 rings (SSSR count). The topological polar surface area (TPSA) is 91.4 Å². The number of amidine groups is 1. The summed E-state index contributed by atoms with van der Waals surface area (Å²) in [5.74, 6) is 0.179. The van der Waals surface area contributed by atoms with Gasteiger partial charge >= 0.3 is 6.09 Å². The number of piperazine rings is 1. The van der Waals surface area contributed by atoms with Crippen molar-refractivity contribution in [1.82, 2.24) is 9.80 Å². The van der Waals surface area contributed by atoms with Crippen LogP contribution in [0.1, 0.15) is 27.7 Å². The zero-order valence-electron chi connectivity index (χ0n) is 12.1. The standard InChI is InChI=1S/C12H24N4O3/c1-9-7-15(8-10(13)14-18)5-6-16(9)11(17)19-12(2,3)4/h9,18H,5-8H2,1-4H3,(H2,13,14)/t9-/m1/s1. The molecule has 19 heavy (non-hydrogen) atoms. The largest absolute Gasteiger partial charge is 0.444 e. The lowest BCUT2D eigenvalue weighted by molar-refractivity contribution is 0.00312. The van der Waals surface area contributed by atoms with Gasteiger partial charge in [0.2, 0.25) is 0 Å². The molecule has 1 amide bonds. The molecule has 0 radical (unpaired) electrons. The molecule has 0 spiro atoms. The first kappa shape index (κ1) is 15.6. The second kappa shape index (κ2) is 6.10. The summed E-state index contributed by atoms with van der Waals surface area (Å²) in [6.45, 7) is 9.86. The van der Waals surface area contributed by atoms with Gasteiger partial charge in [0.25, 0.3) is 0 Å².